The number of nitrogens with one attached hydrogen (secondary N) is 3. The summed E-state index contributed by atoms with van der Waals surface area (Å²) in [5.41, 5.74) is 1.26. The molecule has 0 aliphatic carbocycles. The second-order valence-corrected chi connectivity index (χ2v) is 3.30. The van der Waals surface area contributed by atoms with Crippen LogP contribution in [0.3, 0.4) is 0 Å². The van der Waals surface area contributed by atoms with Crippen LogP contribution in [-0.2, 0) is 4.79 Å². The van der Waals surface area contributed by atoms with Crippen LogP contribution in [0, 0.1) is 0 Å². The molecule has 7 nitrogen and oxygen atoms in total. The quantitative estimate of drug-likeness (QED) is 0.671. The zero-order valence-electron chi connectivity index (χ0n) is 8.98. The molecule has 84 valence electrons. The van der Waals surface area contributed by atoms with Crippen LogP contribution >= 0.6 is 0 Å². The molecule has 1 amide bonds. The molecule has 2 aromatic rings. The molecular weight excluding hydrogens is 208 g/mol. The zero-order valence-corrected chi connectivity index (χ0v) is 8.98. The van der Waals surface area contributed by atoms with Gasteiger partial charge in [0.1, 0.15) is 17.9 Å². The lowest BCUT2D eigenvalue weighted by atomic mass is 10.3. The second kappa shape index (κ2) is 4.13. The minimum absolute atomic E-state index is 0.105. The van der Waals surface area contributed by atoms with E-state index in [0.29, 0.717) is 17.0 Å². The summed E-state index contributed by atoms with van der Waals surface area (Å²) in [5.74, 6) is 0.463. The first kappa shape index (κ1) is 10.3. The molecule has 0 aromatic carbocycles. The maximum atomic E-state index is 11.3. The summed E-state index contributed by atoms with van der Waals surface area (Å²) in [5, 5.41) is 5.54. The SMILES string of the molecule is CNC(=O)C(C)Nc1ncnc2nc[nH]c12. The first-order chi connectivity index (χ1) is 7.72. The predicted octanol–water partition coefficient (Wildman–Crippen LogP) is -0.101. The Labute approximate surface area is 91.7 Å². The Morgan fingerprint density at radius 1 is 1.44 bits per heavy atom. The molecule has 3 N–H and O–H groups in total. The third-order valence-corrected chi connectivity index (χ3v) is 2.22. The standard InChI is InChI=1S/C9H12N6O/c1-5(9(16)10-2)15-8-6-7(12-3-11-6)13-4-14-8/h3-5H,1-2H3,(H,10,16)(H2,11,12,13,14,15). The molecule has 1 unspecified atom stereocenters. The molecule has 2 rings (SSSR count). The summed E-state index contributed by atoms with van der Waals surface area (Å²) in [6.07, 6.45) is 2.94. The zero-order chi connectivity index (χ0) is 11.5. The third kappa shape index (κ3) is 1.79. The molecule has 0 saturated carbocycles. The van der Waals surface area contributed by atoms with Gasteiger partial charge in [0.25, 0.3) is 0 Å². The van der Waals surface area contributed by atoms with Crippen molar-refractivity contribution in [2.24, 2.45) is 0 Å². The van der Waals surface area contributed by atoms with E-state index in [1.807, 2.05) is 0 Å². The number of nitrogens with zero attached hydrogens (tertiary/aromatic N) is 3. The van der Waals surface area contributed by atoms with Gasteiger partial charge in [-0.2, -0.15) is 0 Å². The summed E-state index contributed by atoms with van der Waals surface area (Å²) < 4.78 is 0. The van der Waals surface area contributed by atoms with Gasteiger partial charge in [0.15, 0.2) is 11.5 Å². The highest BCUT2D eigenvalue weighted by atomic mass is 16.2. The highest BCUT2D eigenvalue weighted by Gasteiger charge is 2.13. The minimum atomic E-state index is -0.369. The smallest absolute Gasteiger partial charge is 0.241 e. The Morgan fingerprint density at radius 3 is 3.00 bits per heavy atom. The molecule has 0 fully saturated rings. The van der Waals surface area contributed by atoms with Crippen molar-refractivity contribution in [1.29, 1.82) is 0 Å². The van der Waals surface area contributed by atoms with E-state index >= 15 is 0 Å². The number of likely N-dealkylation sites (N-methyl/N-ethyl adjacent to an activating group) is 1. The normalized spacial score (nSPS) is 12.4. The molecule has 0 aliphatic rings. The van der Waals surface area contributed by atoms with Crippen molar-refractivity contribution in [1.82, 2.24) is 25.3 Å². The first-order valence-corrected chi connectivity index (χ1v) is 4.84. The highest BCUT2D eigenvalue weighted by molar-refractivity contribution is 5.88. The van der Waals surface area contributed by atoms with Crippen LogP contribution < -0.4 is 10.6 Å². The molecule has 2 aromatic heterocycles. The molecule has 2 heterocycles. The topological polar surface area (TPSA) is 95.6 Å². The molecule has 16 heavy (non-hydrogen) atoms. The van der Waals surface area contributed by atoms with Gasteiger partial charge in [0.05, 0.1) is 6.33 Å². The van der Waals surface area contributed by atoms with Crippen LogP contribution in [0.1, 0.15) is 6.92 Å². The van der Waals surface area contributed by atoms with E-state index in [1.165, 1.54) is 12.7 Å². The van der Waals surface area contributed by atoms with E-state index in [9.17, 15) is 4.79 Å². The van der Waals surface area contributed by atoms with Gasteiger partial charge < -0.3 is 15.6 Å². The molecular formula is C9H12N6O. The van der Waals surface area contributed by atoms with Crippen LogP contribution in [0.4, 0.5) is 5.82 Å². The van der Waals surface area contributed by atoms with E-state index in [1.54, 1.807) is 14.0 Å². The van der Waals surface area contributed by atoms with Gasteiger partial charge in [0.2, 0.25) is 5.91 Å². The predicted molar refractivity (Wildman–Crippen MR) is 58.8 cm³/mol. The largest absolute Gasteiger partial charge is 0.357 e. The van der Waals surface area contributed by atoms with Crippen molar-refractivity contribution in [2.45, 2.75) is 13.0 Å². The van der Waals surface area contributed by atoms with Gasteiger partial charge in [-0.25, -0.2) is 15.0 Å². The van der Waals surface area contributed by atoms with E-state index < -0.39 is 0 Å². The number of hydrogen-bond donors (Lipinski definition) is 3. The van der Waals surface area contributed by atoms with Crippen molar-refractivity contribution < 1.29 is 4.79 Å². The Morgan fingerprint density at radius 2 is 2.25 bits per heavy atom. The molecule has 0 radical (unpaired) electrons. The van der Waals surface area contributed by atoms with Crippen LogP contribution in [0.2, 0.25) is 0 Å². The summed E-state index contributed by atoms with van der Waals surface area (Å²) in [6, 6.07) is -0.369. The number of aromatic amines is 1. The Balaban J connectivity index is 2.27. The first-order valence-electron chi connectivity index (χ1n) is 4.84. The van der Waals surface area contributed by atoms with Gasteiger partial charge in [-0.15, -0.1) is 0 Å². The molecule has 0 saturated heterocycles. The maximum absolute atomic E-state index is 11.3. The fraction of sp³-hybridized carbons (Fsp3) is 0.333. The number of hydrogen-bond acceptors (Lipinski definition) is 5. The fourth-order valence-electron chi connectivity index (χ4n) is 1.36. The average molecular weight is 220 g/mol. The lowest BCUT2D eigenvalue weighted by Crippen LogP contribution is -2.35. The van der Waals surface area contributed by atoms with E-state index in [4.69, 9.17) is 0 Å². The second-order valence-electron chi connectivity index (χ2n) is 3.30. The Hall–Kier alpha value is -2.18. The van der Waals surface area contributed by atoms with E-state index in [-0.39, 0.29) is 11.9 Å². The minimum Gasteiger partial charge on any atom is -0.357 e. The number of carbonyl (C=O) groups is 1. The van der Waals surface area contributed by atoms with Crippen molar-refractivity contribution >= 4 is 22.9 Å². The van der Waals surface area contributed by atoms with Gasteiger partial charge in [0, 0.05) is 7.05 Å². The lowest BCUT2D eigenvalue weighted by Gasteiger charge is -2.12. The number of aromatic nitrogens is 4. The number of amides is 1. The van der Waals surface area contributed by atoms with Gasteiger partial charge >= 0.3 is 0 Å². The van der Waals surface area contributed by atoms with Crippen LogP contribution in [0.25, 0.3) is 11.2 Å². The highest BCUT2D eigenvalue weighted by Crippen LogP contribution is 2.14. The Bertz CT molecular complexity index is 507. The van der Waals surface area contributed by atoms with Gasteiger partial charge in [-0.05, 0) is 6.92 Å². The number of anilines is 1. The average Bonchev–Trinajstić information content (AvgIpc) is 2.77. The molecule has 0 aliphatic heterocycles. The number of fused-ring (bicyclic) bond motifs is 1. The number of imidazole rings is 1. The molecule has 0 bridgehead atoms. The summed E-state index contributed by atoms with van der Waals surface area (Å²) in [4.78, 5) is 26.3. The number of rotatable bonds is 3. The lowest BCUT2D eigenvalue weighted by molar-refractivity contribution is -0.121. The maximum Gasteiger partial charge on any atom is 0.241 e. The van der Waals surface area contributed by atoms with Crippen LogP contribution in [0.5, 0.6) is 0 Å². The van der Waals surface area contributed by atoms with Crippen molar-refractivity contribution in [3.63, 3.8) is 0 Å². The fourth-order valence-corrected chi connectivity index (χ4v) is 1.36. The molecule has 1 atom stereocenters. The van der Waals surface area contributed by atoms with Crippen molar-refractivity contribution in [2.75, 3.05) is 12.4 Å². The summed E-state index contributed by atoms with van der Waals surface area (Å²) in [7, 11) is 1.59. The van der Waals surface area contributed by atoms with E-state index in [2.05, 4.69) is 30.6 Å². The van der Waals surface area contributed by atoms with Gasteiger partial charge in [-0.3, -0.25) is 4.79 Å². The van der Waals surface area contributed by atoms with Crippen molar-refractivity contribution in [3.05, 3.63) is 12.7 Å². The number of carbonyl (C=O) groups excluding carboxylic acids is 1. The monoisotopic (exact) mass is 220 g/mol. The molecule has 0 spiro atoms. The number of H-pyrrole nitrogens is 1. The van der Waals surface area contributed by atoms with Crippen LogP contribution in [-0.4, -0.2) is 38.9 Å². The van der Waals surface area contributed by atoms with Crippen molar-refractivity contribution in [3.8, 4) is 0 Å². The van der Waals surface area contributed by atoms with Gasteiger partial charge in [-0.1, -0.05) is 0 Å². The summed E-state index contributed by atoms with van der Waals surface area (Å²) in [6.45, 7) is 1.75. The third-order valence-electron chi connectivity index (χ3n) is 2.22. The Kier molecular flexibility index (Phi) is 2.67. The molecule has 7 heteroatoms. The van der Waals surface area contributed by atoms with E-state index in [0.717, 1.165) is 0 Å². The van der Waals surface area contributed by atoms with Crippen LogP contribution in [0.15, 0.2) is 12.7 Å². The summed E-state index contributed by atoms with van der Waals surface area (Å²) >= 11 is 0.